The number of aliphatic carboxylic acids is 1. The number of hydrogen-bond acceptors (Lipinski definition) is 2. The van der Waals surface area contributed by atoms with Gasteiger partial charge >= 0.3 is 5.97 Å². The highest BCUT2D eigenvalue weighted by molar-refractivity contribution is 6.45. The summed E-state index contributed by atoms with van der Waals surface area (Å²) in [5, 5.41) is 13.7. The number of amides is 1. The fourth-order valence-corrected chi connectivity index (χ4v) is 4.16. The summed E-state index contributed by atoms with van der Waals surface area (Å²) in [6, 6.07) is 20.3. The van der Waals surface area contributed by atoms with Gasteiger partial charge in [0, 0.05) is 23.6 Å². The van der Waals surface area contributed by atoms with Gasteiger partial charge in [-0.3, -0.25) is 9.59 Å². The zero-order chi connectivity index (χ0) is 22.8. The van der Waals surface area contributed by atoms with Crippen molar-refractivity contribution in [1.82, 2.24) is 4.57 Å². The summed E-state index contributed by atoms with van der Waals surface area (Å²) < 4.78 is 1.76. The van der Waals surface area contributed by atoms with Gasteiger partial charge in [0.15, 0.2) is 0 Å². The number of aryl methyl sites for hydroxylation is 1. The summed E-state index contributed by atoms with van der Waals surface area (Å²) >= 11 is 12.4. The molecule has 1 aromatic heterocycles. The normalized spacial score (nSPS) is 11.0. The van der Waals surface area contributed by atoms with Crippen LogP contribution in [0.15, 0.2) is 66.7 Å². The third kappa shape index (κ3) is 4.49. The molecule has 0 atom stereocenters. The van der Waals surface area contributed by atoms with Gasteiger partial charge in [0.1, 0.15) is 5.69 Å². The van der Waals surface area contributed by atoms with Crippen LogP contribution in [0.4, 0.5) is 5.69 Å². The summed E-state index contributed by atoms with van der Waals surface area (Å²) in [6.07, 6.45) is 0.480. The molecule has 1 amide bonds. The minimum Gasteiger partial charge on any atom is -0.481 e. The Morgan fingerprint density at radius 2 is 1.72 bits per heavy atom. The van der Waals surface area contributed by atoms with Crippen molar-refractivity contribution in [1.29, 1.82) is 0 Å². The van der Waals surface area contributed by atoms with E-state index >= 15 is 0 Å². The first-order valence-corrected chi connectivity index (χ1v) is 10.7. The van der Waals surface area contributed by atoms with Crippen LogP contribution in [0.1, 0.15) is 27.2 Å². The Balaban J connectivity index is 1.65. The second-order valence-electron chi connectivity index (χ2n) is 7.55. The quantitative estimate of drug-likeness (QED) is 0.368. The Morgan fingerprint density at radius 3 is 2.44 bits per heavy atom. The van der Waals surface area contributed by atoms with E-state index in [1.165, 1.54) is 0 Å². The lowest BCUT2D eigenvalue weighted by Crippen LogP contribution is -2.16. The first-order valence-electron chi connectivity index (χ1n) is 9.96. The molecule has 0 saturated carbocycles. The van der Waals surface area contributed by atoms with Gasteiger partial charge in [0.25, 0.3) is 5.91 Å². The van der Waals surface area contributed by atoms with Crippen molar-refractivity contribution < 1.29 is 14.7 Å². The maximum Gasteiger partial charge on any atom is 0.307 e. The molecule has 0 spiro atoms. The summed E-state index contributed by atoms with van der Waals surface area (Å²) in [5.41, 5.74) is 4.44. The molecule has 1 heterocycles. The van der Waals surface area contributed by atoms with E-state index < -0.39 is 5.97 Å². The third-order valence-corrected chi connectivity index (χ3v) is 6.21. The number of hydrogen-bond donors (Lipinski definition) is 2. The van der Waals surface area contributed by atoms with E-state index in [1.807, 2.05) is 42.5 Å². The van der Waals surface area contributed by atoms with Crippen LogP contribution in [0.25, 0.3) is 10.9 Å². The van der Waals surface area contributed by atoms with Crippen molar-refractivity contribution >= 4 is 51.7 Å². The van der Waals surface area contributed by atoms with Gasteiger partial charge in [-0.15, -0.1) is 0 Å². The molecule has 7 heteroatoms. The molecule has 0 aliphatic rings. The Kier molecular flexibility index (Phi) is 6.21. The van der Waals surface area contributed by atoms with E-state index in [1.54, 1.807) is 35.9 Å². The van der Waals surface area contributed by atoms with Crippen molar-refractivity contribution in [3.63, 3.8) is 0 Å². The van der Waals surface area contributed by atoms with Gasteiger partial charge in [-0.2, -0.15) is 0 Å². The number of benzene rings is 3. The van der Waals surface area contributed by atoms with E-state index in [-0.39, 0.29) is 12.3 Å². The van der Waals surface area contributed by atoms with Gasteiger partial charge < -0.3 is 15.0 Å². The Morgan fingerprint density at radius 1 is 0.969 bits per heavy atom. The highest BCUT2D eigenvalue weighted by atomic mass is 35.5. The fraction of sp³-hybridized carbons (Fsp3) is 0.120. The molecule has 4 aromatic rings. The smallest absolute Gasteiger partial charge is 0.307 e. The Hall–Kier alpha value is -3.28. The van der Waals surface area contributed by atoms with E-state index in [2.05, 4.69) is 5.32 Å². The maximum absolute atomic E-state index is 13.0. The summed E-state index contributed by atoms with van der Waals surface area (Å²) in [4.78, 5) is 24.3. The predicted octanol–water partition coefficient (Wildman–Crippen LogP) is 5.96. The van der Waals surface area contributed by atoms with Gasteiger partial charge in [0.2, 0.25) is 0 Å². The number of rotatable bonds is 6. The molecule has 32 heavy (non-hydrogen) atoms. The van der Waals surface area contributed by atoms with Crippen molar-refractivity contribution in [3.05, 3.63) is 99.2 Å². The second kappa shape index (κ2) is 9.07. The zero-order valence-corrected chi connectivity index (χ0v) is 18.7. The average molecular weight is 467 g/mol. The molecule has 162 valence electrons. The zero-order valence-electron chi connectivity index (χ0n) is 17.2. The number of nitrogens with one attached hydrogen (secondary N) is 1. The van der Waals surface area contributed by atoms with E-state index in [4.69, 9.17) is 23.2 Å². The van der Waals surface area contributed by atoms with Crippen molar-refractivity contribution in [2.45, 2.75) is 12.8 Å². The molecule has 4 rings (SSSR count). The predicted molar refractivity (Wildman–Crippen MR) is 128 cm³/mol. The van der Waals surface area contributed by atoms with Crippen molar-refractivity contribution in [3.8, 4) is 0 Å². The van der Waals surface area contributed by atoms with Crippen LogP contribution in [0.5, 0.6) is 0 Å². The van der Waals surface area contributed by atoms with Gasteiger partial charge in [0.05, 0.1) is 16.5 Å². The molecule has 0 unspecified atom stereocenters. The van der Waals surface area contributed by atoms with E-state index in [0.717, 1.165) is 16.6 Å². The van der Waals surface area contributed by atoms with Crippen LogP contribution < -0.4 is 5.32 Å². The summed E-state index contributed by atoms with van der Waals surface area (Å²) in [7, 11) is 1.79. The van der Waals surface area contributed by atoms with E-state index in [9.17, 15) is 14.7 Å². The second-order valence-corrected chi connectivity index (χ2v) is 8.34. The van der Waals surface area contributed by atoms with Crippen LogP contribution in [0.3, 0.4) is 0 Å². The number of fused-ring (bicyclic) bond motifs is 1. The number of carboxylic acid groups (broad SMARTS) is 1. The minimum atomic E-state index is -0.901. The number of aromatic nitrogens is 1. The lowest BCUT2D eigenvalue weighted by Gasteiger charge is -2.12. The molecule has 0 bridgehead atoms. The molecule has 5 nitrogen and oxygen atoms in total. The Bertz CT molecular complexity index is 1330. The number of halogens is 2. The molecular formula is C25H20Cl2N2O3. The van der Waals surface area contributed by atoms with Crippen LogP contribution in [-0.4, -0.2) is 21.6 Å². The first-order chi connectivity index (χ1) is 15.3. The monoisotopic (exact) mass is 466 g/mol. The fourth-order valence-electron chi connectivity index (χ4n) is 3.78. The molecule has 0 aliphatic carbocycles. The molecule has 0 saturated heterocycles. The number of carbonyl (C=O) groups excluding carboxylic acids is 1. The topological polar surface area (TPSA) is 71.3 Å². The molecule has 3 aromatic carbocycles. The van der Waals surface area contributed by atoms with Crippen LogP contribution in [-0.2, 0) is 24.7 Å². The Labute approximate surface area is 195 Å². The largest absolute Gasteiger partial charge is 0.481 e. The molecule has 2 N–H and O–H groups in total. The maximum atomic E-state index is 13.0. The SMILES string of the molecule is Cn1c(C(=O)Nc2ccc(CC(=O)O)c(Cc3ccccc3)c2)cc2c(Cl)c(Cl)ccc21. The lowest BCUT2D eigenvalue weighted by atomic mass is 9.97. The number of anilines is 1. The minimum absolute atomic E-state index is 0.0845. The highest BCUT2D eigenvalue weighted by Crippen LogP contribution is 2.32. The lowest BCUT2D eigenvalue weighted by molar-refractivity contribution is -0.136. The van der Waals surface area contributed by atoms with Crippen LogP contribution in [0.2, 0.25) is 10.0 Å². The van der Waals surface area contributed by atoms with E-state index in [0.29, 0.717) is 38.8 Å². The van der Waals surface area contributed by atoms with Crippen LogP contribution in [0, 0.1) is 0 Å². The molecule has 0 fully saturated rings. The van der Waals surface area contributed by atoms with Crippen molar-refractivity contribution in [2.24, 2.45) is 7.05 Å². The average Bonchev–Trinajstić information content (AvgIpc) is 3.10. The molecular weight excluding hydrogens is 447 g/mol. The van der Waals surface area contributed by atoms with Crippen LogP contribution >= 0.6 is 23.2 Å². The number of carbonyl (C=O) groups is 2. The number of carboxylic acids is 1. The summed E-state index contributed by atoms with van der Waals surface area (Å²) in [6.45, 7) is 0. The summed E-state index contributed by atoms with van der Waals surface area (Å²) in [5.74, 6) is -1.20. The van der Waals surface area contributed by atoms with Gasteiger partial charge in [-0.25, -0.2) is 0 Å². The van der Waals surface area contributed by atoms with Gasteiger partial charge in [-0.1, -0.05) is 59.6 Å². The van der Waals surface area contributed by atoms with Gasteiger partial charge in [-0.05, 0) is 53.4 Å². The third-order valence-electron chi connectivity index (χ3n) is 5.39. The standard InChI is InChI=1S/C25H20Cl2N2O3/c1-29-21-10-9-20(26)24(27)19(21)14-22(29)25(32)28-18-8-7-16(13-23(30)31)17(12-18)11-15-5-3-2-4-6-15/h2-10,12,14H,11,13H2,1H3,(H,28,32)(H,30,31). The first kappa shape index (κ1) is 21.9. The van der Waals surface area contributed by atoms with Crippen molar-refractivity contribution in [2.75, 3.05) is 5.32 Å². The molecule has 0 aliphatic heterocycles. The number of nitrogens with zero attached hydrogens (tertiary/aromatic N) is 1. The highest BCUT2D eigenvalue weighted by Gasteiger charge is 2.17. The molecule has 0 radical (unpaired) electrons.